The number of cyclic esters (lactones) is 2. The number of carbonyl (C=O) groups excluding carboxylic acids is 2. The molecule has 142 valence electrons. The predicted molar refractivity (Wildman–Crippen MR) is 89.4 cm³/mol. The van der Waals surface area contributed by atoms with Crippen LogP contribution in [0.3, 0.4) is 0 Å². The largest absolute Gasteiger partial charge is 0.504 e. The van der Waals surface area contributed by atoms with Crippen LogP contribution < -0.4 is 10.1 Å². The Bertz CT molecular complexity index is 715. The van der Waals surface area contributed by atoms with E-state index in [0.717, 1.165) is 6.20 Å². The number of carbonyl (C=O) groups is 2. The second-order valence-corrected chi connectivity index (χ2v) is 5.77. The number of methoxy groups -OCH3 is 3. The molecule has 1 saturated heterocycles. The predicted octanol–water partition coefficient (Wildman–Crippen LogP) is 1.82. The zero-order chi connectivity index (χ0) is 19.5. The van der Waals surface area contributed by atoms with Crippen LogP contribution in [0.2, 0.25) is 0 Å². The SMILES string of the molecule is COc1c(O)ccc(C(OC)OC)c1NC=C1C(=O)OC(C)(C)OC1=O. The molecule has 2 N–H and O–H groups in total. The standard InChI is InChI=1S/C17H21NO8/c1-17(2)25-14(20)10(15(21)26-17)8-18-12-9(16(23-4)24-5)6-7-11(19)13(12)22-3/h6-8,16,18-19H,1-5H3. The highest BCUT2D eigenvalue weighted by Gasteiger charge is 2.39. The number of ether oxygens (including phenoxy) is 5. The normalized spacial score (nSPS) is 16.2. The summed E-state index contributed by atoms with van der Waals surface area (Å²) in [5.74, 6) is -3.09. The Morgan fingerprint density at radius 1 is 1.12 bits per heavy atom. The van der Waals surface area contributed by atoms with Crippen molar-refractivity contribution in [3.05, 3.63) is 29.5 Å². The van der Waals surface area contributed by atoms with E-state index in [1.165, 1.54) is 41.2 Å². The van der Waals surface area contributed by atoms with E-state index in [1.54, 1.807) is 6.07 Å². The first-order chi connectivity index (χ1) is 12.2. The molecule has 0 radical (unpaired) electrons. The van der Waals surface area contributed by atoms with E-state index >= 15 is 0 Å². The average molecular weight is 367 g/mol. The highest BCUT2D eigenvalue weighted by molar-refractivity contribution is 6.15. The van der Waals surface area contributed by atoms with Gasteiger partial charge in [0.05, 0.1) is 12.8 Å². The van der Waals surface area contributed by atoms with Crippen LogP contribution in [0.5, 0.6) is 11.5 Å². The van der Waals surface area contributed by atoms with Gasteiger partial charge in [-0.2, -0.15) is 0 Å². The summed E-state index contributed by atoms with van der Waals surface area (Å²) < 4.78 is 25.7. The molecule has 9 nitrogen and oxygen atoms in total. The van der Waals surface area contributed by atoms with E-state index in [0.29, 0.717) is 5.56 Å². The fraction of sp³-hybridized carbons (Fsp3) is 0.412. The van der Waals surface area contributed by atoms with E-state index in [1.807, 2.05) is 0 Å². The number of nitrogens with one attached hydrogen (secondary N) is 1. The minimum Gasteiger partial charge on any atom is -0.504 e. The fourth-order valence-corrected chi connectivity index (χ4v) is 2.41. The van der Waals surface area contributed by atoms with Gasteiger partial charge in [-0.25, -0.2) is 9.59 Å². The van der Waals surface area contributed by atoms with Crippen molar-refractivity contribution in [2.75, 3.05) is 26.6 Å². The summed E-state index contributed by atoms with van der Waals surface area (Å²) in [6.07, 6.45) is 0.331. The maximum Gasteiger partial charge on any atom is 0.350 e. The molecule has 1 aromatic carbocycles. The molecular weight excluding hydrogens is 346 g/mol. The lowest BCUT2D eigenvalue weighted by Crippen LogP contribution is -2.42. The van der Waals surface area contributed by atoms with Crippen LogP contribution in [-0.4, -0.2) is 44.2 Å². The van der Waals surface area contributed by atoms with Crippen LogP contribution in [0.4, 0.5) is 5.69 Å². The molecule has 0 aliphatic carbocycles. The monoisotopic (exact) mass is 367 g/mol. The van der Waals surface area contributed by atoms with Crippen LogP contribution in [0, 0.1) is 0 Å². The minimum absolute atomic E-state index is 0.0799. The average Bonchev–Trinajstić information content (AvgIpc) is 2.55. The number of aromatic hydroxyl groups is 1. The van der Waals surface area contributed by atoms with Gasteiger partial charge in [0.2, 0.25) is 0 Å². The molecule has 0 bridgehead atoms. The molecule has 1 aliphatic rings. The van der Waals surface area contributed by atoms with Crippen molar-refractivity contribution in [2.24, 2.45) is 0 Å². The molecule has 1 fully saturated rings. The van der Waals surface area contributed by atoms with Crippen molar-refractivity contribution in [3.63, 3.8) is 0 Å². The number of phenolic OH excluding ortho intramolecular Hbond substituents is 1. The van der Waals surface area contributed by atoms with E-state index in [4.69, 9.17) is 23.7 Å². The van der Waals surface area contributed by atoms with Crippen molar-refractivity contribution in [1.29, 1.82) is 0 Å². The van der Waals surface area contributed by atoms with E-state index in [-0.39, 0.29) is 22.8 Å². The van der Waals surface area contributed by atoms with Gasteiger partial charge < -0.3 is 34.1 Å². The molecule has 0 amide bonds. The molecule has 0 aromatic heterocycles. The lowest BCUT2D eigenvalue weighted by Gasteiger charge is -2.29. The molecule has 0 unspecified atom stereocenters. The summed E-state index contributed by atoms with van der Waals surface area (Å²) in [5, 5.41) is 12.8. The summed E-state index contributed by atoms with van der Waals surface area (Å²) in [4.78, 5) is 24.1. The Balaban J connectivity index is 2.43. The zero-order valence-corrected chi connectivity index (χ0v) is 15.1. The molecule has 1 heterocycles. The first kappa shape index (κ1) is 19.5. The van der Waals surface area contributed by atoms with Crippen molar-refractivity contribution in [2.45, 2.75) is 25.9 Å². The molecular formula is C17H21NO8. The maximum absolute atomic E-state index is 12.0. The summed E-state index contributed by atoms with van der Waals surface area (Å²) in [7, 11) is 4.23. The lowest BCUT2D eigenvalue weighted by molar-refractivity contribution is -0.222. The van der Waals surface area contributed by atoms with Crippen LogP contribution in [-0.2, 0) is 28.5 Å². The number of esters is 2. The van der Waals surface area contributed by atoms with Crippen molar-refractivity contribution >= 4 is 17.6 Å². The molecule has 2 rings (SSSR count). The smallest absolute Gasteiger partial charge is 0.350 e. The molecule has 0 saturated carbocycles. The third-order valence-corrected chi connectivity index (χ3v) is 3.53. The third-order valence-electron chi connectivity index (χ3n) is 3.53. The van der Waals surface area contributed by atoms with E-state index in [2.05, 4.69) is 5.32 Å². The zero-order valence-electron chi connectivity index (χ0n) is 15.1. The van der Waals surface area contributed by atoms with Crippen molar-refractivity contribution < 1.29 is 38.4 Å². The first-order valence-corrected chi connectivity index (χ1v) is 7.63. The Hall–Kier alpha value is -2.78. The van der Waals surface area contributed by atoms with Gasteiger partial charge in [-0.05, 0) is 12.1 Å². The van der Waals surface area contributed by atoms with Gasteiger partial charge in [0.15, 0.2) is 23.4 Å². The molecule has 9 heteroatoms. The highest BCUT2D eigenvalue weighted by Crippen LogP contribution is 2.41. The van der Waals surface area contributed by atoms with Gasteiger partial charge in [0.25, 0.3) is 5.79 Å². The van der Waals surface area contributed by atoms with Crippen LogP contribution in [0.25, 0.3) is 0 Å². The Morgan fingerprint density at radius 3 is 2.19 bits per heavy atom. The topological polar surface area (TPSA) is 113 Å². The summed E-state index contributed by atoms with van der Waals surface area (Å²) in [5.41, 5.74) is 0.380. The summed E-state index contributed by atoms with van der Waals surface area (Å²) in [6, 6.07) is 2.96. The molecule has 0 atom stereocenters. The molecule has 0 spiro atoms. The van der Waals surface area contributed by atoms with Gasteiger partial charge in [-0.15, -0.1) is 0 Å². The van der Waals surface area contributed by atoms with Gasteiger partial charge >= 0.3 is 11.9 Å². The second-order valence-electron chi connectivity index (χ2n) is 5.77. The Labute approximate surface area is 150 Å². The van der Waals surface area contributed by atoms with E-state index in [9.17, 15) is 14.7 Å². The number of hydrogen-bond donors (Lipinski definition) is 2. The third kappa shape index (κ3) is 3.89. The second kappa shape index (κ2) is 7.63. The maximum atomic E-state index is 12.0. The molecule has 1 aromatic rings. The number of phenols is 1. The Morgan fingerprint density at radius 2 is 1.69 bits per heavy atom. The van der Waals surface area contributed by atoms with Gasteiger partial charge in [0, 0.05) is 39.8 Å². The fourth-order valence-electron chi connectivity index (χ4n) is 2.41. The number of hydrogen-bond acceptors (Lipinski definition) is 9. The molecule has 1 aliphatic heterocycles. The number of anilines is 1. The lowest BCUT2D eigenvalue weighted by atomic mass is 10.1. The Kier molecular flexibility index (Phi) is 5.73. The summed E-state index contributed by atoms with van der Waals surface area (Å²) in [6.45, 7) is 2.90. The van der Waals surface area contributed by atoms with Gasteiger partial charge in [0.1, 0.15) is 0 Å². The van der Waals surface area contributed by atoms with Crippen LogP contribution in [0.15, 0.2) is 23.9 Å². The summed E-state index contributed by atoms with van der Waals surface area (Å²) >= 11 is 0. The van der Waals surface area contributed by atoms with Crippen molar-refractivity contribution in [1.82, 2.24) is 0 Å². The van der Waals surface area contributed by atoms with E-state index < -0.39 is 24.0 Å². The molecule has 26 heavy (non-hydrogen) atoms. The van der Waals surface area contributed by atoms with Crippen LogP contribution >= 0.6 is 0 Å². The van der Waals surface area contributed by atoms with Gasteiger partial charge in [-0.3, -0.25) is 0 Å². The minimum atomic E-state index is -1.34. The first-order valence-electron chi connectivity index (χ1n) is 7.63. The van der Waals surface area contributed by atoms with Crippen LogP contribution in [0.1, 0.15) is 25.7 Å². The highest BCUT2D eigenvalue weighted by atomic mass is 16.7. The number of benzene rings is 1. The number of rotatable bonds is 6. The van der Waals surface area contributed by atoms with Gasteiger partial charge in [-0.1, -0.05) is 0 Å². The quantitative estimate of drug-likeness (QED) is 0.336. The van der Waals surface area contributed by atoms with Crippen molar-refractivity contribution in [3.8, 4) is 11.5 Å².